The van der Waals surface area contributed by atoms with E-state index >= 15 is 0 Å². The van der Waals surface area contributed by atoms with Crippen LogP contribution in [0.1, 0.15) is 59.9 Å². The van der Waals surface area contributed by atoms with Gasteiger partial charge in [0, 0.05) is 26.1 Å². The number of hydrogen-bond donors (Lipinski definition) is 1. The zero-order valence-corrected chi connectivity index (χ0v) is 17.1. The number of nitrogens with zero attached hydrogens (tertiary/aromatic N) is 1. The maximum atomic E-state index is 12.1. The zero-order chi connectivity index (χ0) is 19.7. The van der Waals surface area contributed by atoms with Gasteiger partial charge in [-0.1, -0.05) is 32.9 Å². The lowest BCUT2D eigenvalue weighted by Crippen LogP contribution is -2.37. The standard InChI is InChI=1S/C21H34N2O3/c1-7-23(8-2)19(24)10-9-15-22-20(25)16(3)26-18-13-11-17(12-14-18)21(4,5)6/h11-14,16H,7-10,15H2,1-6H3,(H,22,25)/t16-/m1/s1. The molecule has 2 amide bonds. The normalized spacial score (nSPS) is 12.4. The minimum absolute atomic E-state index is 0.0874. The number of carbonyl (C=O) groups excluding carboxylic acids is 2. The van der Waals surface area contributed by atoms with Crippen molar-refractivity contribution in [2.75, 3.05) is 19.6 Å². The summed E-state index contributed by atoms with van der Waals surface area (Å²) in [5, 5.41) is 2.83. The van der Waals surface area contributed by atoms with Crippen LogP contribution in [0.25, 0.3) is 0 Å². The molecule has 0 fully saturated rings. The predicted octanol–water partition coefficient (Wildman–Crippen LogP) is 3.52. The van der Waals surface area contributed by atoms with Crippen molar-refractivity contribution in [1.82, 2.24) is 10.2 Å². The molecule has 0 aromatic heterocycles. The average molecular weight is 363 g/mol. The molecule has 1 rings (SSSR count). The van der Waals surface area contributed by atoms with E-state index in [4.69, 9.17) is 4.74 Å². The quantitative estimate of drug-likeness (QED) is 0.684. The van der Waals surface area contributed by atoms with E-state index in [1.165, 1.54) is 5.56 Å². The van der Waals surface area contributed by atoms with Gasteiger partial charge in [-0.2, -0.15) is 0 Å². The highest BCUT2D eigenvalue weighted by atomic mass is 16.5. The van der Waals surface area contributed by atoms with Gasteiger partial charge in [0.05, 0.1) is 0 Å². The first kappa shape index (κ1) is 22.0. The summed E-state index contributed by atoms with van der Waals surface area (Å²) in [6, 6.07) is 7.85. The van der Waals surface area contributed by atoms with E-state index in [-0.39, 0.29) is 17.2 Å². The zero-order valence-electron chi connectivity index (χ0n) is 17.1. The van der Waals surface area contributed by atoms with Gasteiger partial charge in [0.15, 0.2) is 6.10 Å². The molecule has 0 aliphatic heterocycles. The maximum absolute atomic E-state index is 12.1. The second-order valence-corrected chi connectivity index (χ2v) is 7.50. The van der Waals surface area contributed by atoms with Crippen LogP contribution in [0.15, 0.2) is 24.3 Å². The van der Waals surface area contributed by atoms with Gasteiger partial charge in [0.1, 0.15) is 5.75 Å². The Morgan fingerprint density at radius 2 is 1.69 bits per heavy atom. The van der Waals surface area contributed by atoms with Crippen molar-refractivity contribution in [2.45, 2.75) is 65.9 Å². The summed E-state index contributed by atoms with van der Waals surface area (Å²) in [5.41, 5.74) is 1.31. The molecule has 0 aliphatic rings. The Bertz CT molecular complexity index is 572. The third-order valence-electron chi connectivity index (χ3n) is 4.39. The predicted molar refractivity (Wildman–Crippen MR) is 105 cm³/mol. The van der Waals surface area contributed by atoms with Crippen molar-refractivity contribution in [3.8, 4) is 5.75 Å². The molecule has 0 saturated carbocycles. The number of amides is 2. The van der Waals surface area contributed by atoms with Gasteiger partial charge in [-0.3, -0.25) is 9.59 Å². The first-order valence-corrected chi connectivity index (χ1v) is 9.51. The van der Waals surface area contributed by atoms with E-state index in [1.54, 1.807) is 11.8 Å². The maximum Gasteiger partial charge on any atom is 0.260 e. The summed E-state index contributed by atoms with van der Waals surface area (Å²) >= 11 is 0. The SMILES string of the molecule is CCN(CC)C(=O)CCCNC(=O)[C@@H](C)Oc1ccc(C(C)(C)C)cc1. The number of ether oxygens (including phenoxy) is 1. The van der Waals surface area contributed by atoms with Crippen LogP contribution in [0.5, 0.6) is 5.75 Å². The van der Waals surface area contributed by atoms with Crippen molar-refractivity contribution >= 4 is 11.8 Å². The lowest BCUT2D eigenvalue weighted by molar-refractivity contribution is -0.131. The molecule has 0 radical (unpaired) electrons. The number of carbonyl (C=O) groups is 2. The van der Waals surface area contributed by atoms with Gasteiger partial charge in [0.25, 0.3) is 5.91 Å². The van der Waals surface area contributed by atoms with Crippen molar-refractivity contribution < 1.29 is 14.3 Å². The van der Waals surface area contributed by atoms with Crippen molar-refractivity contribution in [3.63, 3.8) is 0 Å². The van der Waals surface area contributed by atoms with Crippen molar-refractivity contribution in [1.29, 1.82) is 0 Å². The summed E-state index contributed by atoms with van der Waals surface area (Å²) in [5.74, 6) is 0.644. The first-order chi connectivity index (χ1) is 12.2. The minimum atomic E-state index is -0.575. The van der Waals surface area contributed by atoms with Gasteiger partial charge in [-0.05, 0) is 50.3 Å². The number of rotatable bonds is 9. The largest absolute Gasteiger partial charge is 0.481 e. The monoisotopic (exact) mass is 362 g/mol. The van der Waals surface area contributed by atoms with Crippen molar-refractivity contribution in [3.05, 3.63) is 29.8 Å². The summed E-state index contributed by atoms with van der Waals surface area (Å²) < 4.78 is 5.71. The fraction of sp³-hybridized carbons (Fsp3) is 0.619. The molecule has 1 aromatic carbocycles. The highest BCUT2D eigenvalue weighted by Gasteiger charge is 2.16. The highest BCUT2D eigenvalue weighted by Crippen LogP contribution is 2.24. The van der Waals surface area contributed by atoms with Gasteiger partial charge in [-0.15, -0.1) is 0 Å². The van der Waals surface area contributed by atoms with Gasteiger partial charge >= 0.3 is 0 Å². The summed E-state index contributed by atoms with van der Waals surface area (Å²) in [6.45, 7) is 14.1. The summed E-state index contributed by atoms with van der Waals surface area (Å²) in [4.78, 5) is 25.8. The van der Waals surface area contributed by atoms with Crippen LogP contribution in [-0.4, -0.2) is 42.5 Å². The van der Waals surface area contributed by atoms with Crippen LogP contribution in [0.2, 0.25) is 0 Å². The van der Waals surface area contributed by atoms with E-state index in [0.717, 1.165) is 13.1 Å². The van der Waals surface area contributed by atoms with E-state index in [0.29, 0.717) is 25.1 Å². The molecule has 5 nitrogen and oxygen atoms in total. The Kier molecular flexibility index (Phi) is 8.62. The molecular formula is C21H34N2O3. The number of hydrogen-bond acceptors (Lipinski definition) is 3. The molecule has 0 saturated heterocycles. The summed E-state index contributed by atoms with van der Waals surface area (Å²) in [6.07, 6.45) is 0.508. The van der Waals surface area contributed by atoms with Gasteiger partial charge < -0.3 is 15.0 Å². The molecule has 5 heteroatoms. The highest BCUT2D eigenvalue weighted by molar-refractivity contribution is 5.80. The molecule has 1 N–H and O–H groups in total. The van der Waals surface area contributed by atoms with Crippen LogP contribution in [0.3, 0.4) is 0 Å². The molecule has 26 heavy (non-hydrogen) atoms. The summed E-state index contributed by atoms with van der Waals surface area (Å²) in [7, 11) is 0. The van der Waals surface area contributed by atoms with Crippen LogP contribution in [0.4, 0.5) is 0 Å². The molecule has 0 heterocycles. The lowest BCUT2D eigenvalue weighted by atomic mass is 9.87. The molecule has 1 aromatic rings. The smallest absolute Gasteiger partial charge is 0.260 e. The molecule has 0 unspecified atom stereocenters. The second-order valence-electron chi connectivity index (χ2n) is 7.50. The van der Waals surface area contributed by atoms with Crippen LogP contribution in [-0.2, 0) is 15.0 Å². The fourth-order valence-electron chi connectivity index (χ4n) is 2.62. The van der Waals surface area contributed by atoms with E-state index < -0.39 is 6.10 Å². The third kappa shape index (κ3) is 7.06. The Morgan fingerprint density at radius 3 is 2.19 bits per heavy atom. The van der Waals surface area contributed by atoms with Crippen molar-refractivity contribution in [2.24, 2.45) is 0 Å². The van der Waals surface area contributed by atoms with E-state index in [9.17, 15) is 9.59 Å². The first-order valence-electron chi connectivity index (χ1n) is 9.51. The van der Waals surface area contributed by atoms with E-state index in [2.05, 4.69) is 26.1 Å². The third-order valence-corrected chi connectivity index (χ3v) is 4.39. The Morgan fingerprint density at radius 1 is 1.12 bits per heavy atom. The molecule has 0 spiro atoms. The second kappa shape index (κ2) is 10.2. The molecule has 1 atom stereocenters. The van der Waals surface area contributed by atoms with Crippen LogP contribution in [0, 0.1) is 0 Å². The van der Waals surface area contributed by atoms with Gasteiger partial charge in [-0.25, -0.2) is 0 Å². The molecule has 146 valence electrons. The average Bonchev–Trinajstić information content (AvgIpc) is 2.59. The Hall–Kier alpha value is -2.04. The topological polar surface area (TPSA) is 58.6 Å². The van der Waals surface area contributed by atoms with Gasteiger partial charge in [0.2, 0.25) is 5.91 Å². The Balaban J connectivity index is 2.38. The molecule has 0 aliphatic carbocycles. The minimum Gasteiger partial charge on any atom is -0.481 e. The molecular weight excluding hydrogens is 328 g/mol. The number of benzene rings is 1. The van der Waals surface area contributed by atoms with Crippen LogP contribution >= 0.6 is 0 Å². The van der Waals surface area contributed by atoms with Crippen LogP contribution < -0.4 is 10.1 Å². The Labute approximate surface area is 158 Å². The van der Waals surface area contributed by atoms with E-state index in [1.807, 2.05) is 38.1 Å². The number of nitrogens with one attached hydrogen (secondary N) is 1. The fourth-order valence-corrected chi connectivity index (χ4v) is 2.62. The molecule has 0 bridgehead atoms. The lowest BCUT2D eigenvalue weighted by Gasteiger charge is -2.20.